The number of piperidine rings is 1. The van der Waals surface area contributed by atoms with Gasteiger partial charge >= 0.3 is 7.12 Å². The quantitative estimate of drug-likeness (QED) is 0.673. The monoisotopic (exact) mass is 219 g/mol. The second kappa shape index (κ2) is 4.64. The van der Waals surface area contributed by atoms with E-state index in [1.54, 1.807) is 0 Å². The highest BCUT2D eigenvalue weighted by Gasteiger charge is 2.15. The topological polar surface area (TPSA) is 56.6 Å². The zero-order valence-electron chi connectivity index (χ0n) is 20.4. The second-order valence-electron chi connectivity index (χ2n) is 2.52. The van der Waals surface area contributed by atoms with Crippen LogP contribution in [0.1, 0.15) is 36.9 Å². The lowest BCUT2D eigenvalue weighted by molar-refractivity contribution is 0.425. The fraction of sp³-hybridized carbons (Fsp3) is 0.500. The molecule has 1 aromatic rings. The Hall–Kier alpha value is -1.07. The first-order valence-corrected chi connectivity index (χ1v) is 3.92. The number of pyridine rings is 1. The SMILES string of the molecule is [2H]c1nc(N2C([2H])([2H])C([2H])([2H])C([2H])([2H])C([2H])([2H])C2([2H])[2H])c([2H])c(B(O)O)c1[2H]. The minimum atomic E-state index is -3.68. The van der Waals surface area contributed by atoms with E-state index in [1.165, 1.54) is 0 Å². The Morgan fingerprint density at radius 2 is 2.13 bits per heavy atom. The number of rotatable bonds is 2. The molecular weight excluding hydrogens is 191 g/mol. The molecule has 0 bridgehead atoms. The molecule has 1 aromatic heterocycles. The Kier molecular flexibility index (Phi) is 0.923. The lowest BCUT2D eigenvalue weighted by atomic mass is 9.81. The summed E-state index contributed by atoms with van der Waals surface area (Å²) in [6, 6.07) is -2.07. The van der Waals surface area contributed by atoms with Gasteiger partial charge in [-0.2, -0.15) is 0 Å². The third kappa shape index (κ3) is 2.49. The van der Waals surface area contributed by atoms with E-state index in [2.05, 4.69) is 4.98 Å². The number of hydrogen-bond acceptors (Lipinski definition) is 4. The van der Waals surface area contributed by atoms with Crippen molar-refractivity contribution in [2.45, 2.75) is 19.1 Å². The zero-order chi connectivity index (χ0) is 22.2. The van der Waals surface area contributed by atoms with Gasteiger partial charge in [0.1, 0.15) is 5.82 Å². The predicted molar refractivity (Wildman–Crippen MR) is 60.1 cm³/mol. The molecule has 2 N–H and O–H groups in total. The molecule has 80 valence electrons. The van der Waals surface area contributed by atoms with Crippen LogP contribution in [0.15, 0.2) is 18.3 Å². The van der Waals surface area contributed by atoms with Crippen molar-refractivity contribution in [1.29, 1.82) is 0 Å². The highest BCUT2D eigenvalue weighted by atomic mass is 16.4. The molecule has 2 rings (SSSR count). The van der Waals surface area contributed by atoms with Crippen molar-refractivity contribution in [2.24, 2.45) is 0 Å². The Bertz CT molecular complexity index is 785. The minimum Gasteiger partial charge on any atom is -0.423 e. The molecule has 5 heteroatoms. The van der Waals surface area contributed by atoms with E-state index in [4.69, 9.17) is 17.8 Å². The van der Waals surface area contributed by atoms with Gasteiger partial charge in [0, 0.05) is 32.9 Å². The third-order valence-corrected chi connectivity index (χ3v) is 1.53. The summed E-state index contributed by atoms with van der Waals surface area (Å²) in [6.07, 6.45) is -12.1. The fourth-order valence-corrected chi connectivity index (χ4v) is 0.889. The van der Waals surface area contributed by atoms with Crippen LogP contribution in [-0.4, -0.2) is 35.1 Å². The maximum absolute atomic E-state index is 9.37. The number of hydrogen-bond donors (Lipinski definition) is 2. The number of nitrogens with zero attached hydrogens (tertiary/aromatic N) is 2. The Balaban J connectivity index is 2.96. The van der Waals surface area contributed by atoms with E-state index < -0.39 is 68.8 Å². The molecule has 2 heterocycles. The van der Waals surface area contributed by atoms with Gasteiger partial charge in [0.15, 0.2) is 0 Å². The summed E-state index contributed by atoms with van der Waals surface area (Å²) >= 11 is 0. The molecule has 4 nitrogen and oxygen atoms in total. The van der Waals surface area contributed by atoms with E-state index in [1.807, 2.05) is 0 Å². The van der Waals surface area contributed by atoms with Gasteiger partial charge in [-0.15, -0.1) is 0 Å². The molecule has 0 saturated carbocycles. The van der Waals surface area contributed by atoms with Gasteiger partial charge in [-0.05, 0) is 36.7 Å². The van der Waals surface area contributed by atoms with Crippen molar-refractivity contribution in [1.82, 2.24) is 4.98 Å². The van der Waals surface area contributed by atoms with Gasteiger partial charge < -0.3 is 14.9 Å². The van der Waals surface area contributed by atoms with Crippen molar-refractivity contribution in [3.05, 3.63) is 18.3 Å². The van der Waals surface area contributed by atoms with Crippen LogP contribution in [0.2, 0.25) is 0 Å². The molecule has 1 fully saturated rings. The first kappa shape index (κ1) is 2.99. The van der Waals surface area contributed by atoms with Crippen LogP contribution in [-0.2, 0) is 0 Å². The number of aromatic nitrogens is 1. The molecular formula is C10H15BN2O2. The van der Waals surface area contributed by atoms with Gasteiger partial charge in [-0.25, -0.2) is 4.98 Å². The van der Waals surface area contributed by atoms with Crippen LogP contribution in [0.4, 0.5) is 5.82 Å². The summed E-state index contributed by atoms with van der Waals surface area (Å²) in [5, 5.41) is 18.7. The normalized spacial score (nSPS) is 46.0. The lowest BCUT2D eigenvalue weighted by Gasteiger charge is -2.27. The van der Waals surface area contributed by atoms with Crippen LogP contribution >= 0.6 is 0 Å². The molecule has 0 atom stereocenters. The molecule has 0 aromatic carbocycles. The fourth-order valence-electron chi connectivity index (χ4n) is 0.889. The number of anilines is 1. The molecule has 1 aliphatic rings. The van der Waals surface area contributed by atoms with E-state index in [0.29, 0.717) is 0 Å². The van der Waals surface area contributed by atoms with E-state index in [9.17, 15) is 10.0 Å². The van der Waals surface area contributed by atoms with E-state index >= 15 is 0 Å². The molecule has 0 unspecified atom stereocenters. The second-order valence-corrected chi connectivity index (χ2v) is 2.52. The molecule has 0 amide bonds. The maximum Gasteiger partial charge on any atom is 0.488 e. The first-order valence-electron chi connectivity index (χ1n) is 10.4. The van der Waals surface area contributed by atoms with Crippen molar-refractivity contribution in [3.63, 3.8) is 0 Å². The van der Waals surface area contributed by atoms with Crippen LogP contribution in [0.25, 0.3) is 0 Å². The average molecular weight is 219 g/mol. The van der Waals surface area contributed by atoms with Crippen molar-refractivity contribution >= 4 is 18.4 Å². The first-order chi connectivity index (χ1) is 12.3. The van der Waals surface area contributed by atoms with Gasteiger partial charge in [-0.3, -0.25) is 0 Å². The summed E-state index contributed by atoms with van der Waals surface area (Å²) in [5.74, 6) is -1.18. The third-order valence-electron chi connectivity index (χ3n) is 1.53. The predicted octanol–water partition coefficient (Wildman–Crippen LogP) is -0.248. The smallest absolute Gasteiger partial charge is 0.423 e. The van der Waals surface area contributed by atoms with E-state index in [0.717, 1.165) is 0 Å². The van der Waals surface area contributed by atoms with Gasteiger partial charge in [0.05, 0.1) is 4.11 Å². The molecule has 1 aliphatic heterocycles. The van der Waals surface area contributed by atoms with Crippen LogP contribution < -0.4 is 10.4 Å². The summed E-state index contributed by atoms with van der Waals surface area (Å²) in [7, 11) is -2.51. The molecule has 0 spiro atoms. The lowest BCUT2D eigenvalue weighted by Crippen LogP contribution is -2.34. The summed E-state index contributed by atoms with van der Waals surface area (Å²) < 4.78 is 102. The highest BCUT2D eigenvalue weighted by Crippen LogP contribution is 2.15. The Morgan fingerprint density at radius 3 is 2.80 bits per heavy atom. The van der Waals surface area contributed by atoms with Crippen molar-refractivity contribution in [2.75, 3.05) is 17.9 Å². The van der Waals surface area contributed by atoms with Crippen molar-refractivity contribution < 1.29 is 27.9 Å². The van der Waals surface area contributed by atoms with Crippen molar-refractivity contribution in [3.8, 4) is 0 Å². The summed E-state index contributed by atoms with van der Waals surface area (Å²) in [6.45, 7) is -7.27. The minimum absolute atomic E-state index is 0.257. The van der Waals surface area contributed by atoms with Crippen LogP contribution in [0.3, 0.4) is 0 Å². The average Bonchev–Trinajstić information content (AvgIpc) is 2.50. The standard InChI is InChI=1S/C10H15BN2O2/c14-11(15)9-4-5-12-10(8-9)13-6-2-1-3-7-13/h4-5,8,14-15H,1-3,6-7H2/i1D2,2D2,3D2,4D,5D,6D2,7D2,8D. The van der Waals surface area contributed by atoms with Crippen LogP contribution in [0.5, 0.6) is 0 Å². The summed E-state index contributed by atoms with van der Waals surface area (Å²) in [5.41, 5.74) is -0.948. The van der Waals surface area contributed by atoms with Gasteiger partial charge in [0.25, 0.3) is 0 Å². The highest BCUT2D eigenvalue weighted by molar-refractivity contribution is 6.58. The maximum atomic E-state index is 9.37. The Labute approximate surface area is 108 Å². The van der Waals surface area contributed by atoms with E-state index in [-0.39, 0.29) is 4.90 Å². The molecule has 1 saturated heterocycles. The largest absolute Gasteiger partial charge is 0.488 e. The summed E-state index contributed by atoms with van der Waals surface area (Å²) in [4.78, 5) is 3.11. The van der Waals surface area contributed by atoms with Gasteiger partial charge in [0.2, 0.25) is 0 Å². The van der Waals surface area contributed by atoms with Gasteiger partial charge in [-0.1, -0.05) is 0 Å². The molecule has 15 heavy (non-hydrogen) atoms. The van der Waals surface area contributed by atoms with Crippen LogP contribution in [0, 0.1) is 0 Å². The Morgan fingerprint density at radius 1 is 1.40 bits per heavy atom. The molecule has 0 radical (unpaired) electrons. The molecule has 0 aliphatic carbocycles. The zero-order valence-corrected chi connectivity index (χ0v) is 7.37.